The van der Waals surface area contributed by atoms with Gasteiger partial charge < -0.3 is 15.4 Å². The first-order valence-corrected chi connectivity index (χ1v) is 10.7. The fraction of sp³-hybridized carbons (Fsp3) is 0.318. The third-order valence-corrected chi connectivity index (χ3v) is 5.39. The van der Waals surface area contributed by atoms with Crippen LogP contribution in [0.1, 0.15) is 22.5 Å². The minimum Gasteiger partial charge on any atom is -0.379 e. The van der Waals surface area contributed by atoms with Crippen molar-refractivity contribution in [3.05, 3.63) is 64.0 Å². The normalized spacial score (nSPS) is 14.1. The number of carbonyl (C=O) groups excluding carboxylic acids is 2. The van der Waals surface area contributed by atoms with Crippen LogP contribution >= 0.6 is 0 Å². The molecule has 3 heterocycles. The van der Waals surface area contributed by atoms with Gasteiger partial charge in [0, 0.05) is 37.8 Å². The topological polar surface area (TPSA) is 134 Å². The van der Waals surface area contributed by atoms with Gasteiger partial charge in [-0.15, -0.1) is 0 Å². The number of H-pyrrole nitrogens is 1. The molecule has 0 spiro atoms. The molecule has 11 nitrogen and oxygen atoms in total. The Kier molecular flexibility index (Phi) is 7.09. The number of hydrogen-bond donors (Lipinski definition) is 3. The molecule has 178 valence electrons. The summed E-state index contributed by atoms with van der Waals surface area (Å²) in [7, 11) is 0. The standard InChI is InChI=1S/C22H24FN7O4/c1-14-16(13-24-30(14)19-4-5-21(32)28-27-19)22(33)25-15-2-3-17(23)18(12-15)26-20(31)6-7-29-8-10-34-11-9-29/h2-5,12-13H,6-11H2,1H3,(H,25,33)(H,26,31)(H,28,32). The van der Waals surface area contributed by atoms with Gasteiger partial charge in [-0.25, -0.2) is 14.2 Å². The third-order valence-electron chi connectivity index (χ3n) is 5.39. The number of rotatable bonds is 7. The SMILES string of the molecule is Cc1c(C(=O)Nc2ccc(F)c(NC(=O)CCN3CCOCC3)c2)cnn1-c1ccc(=O)[nH]n1. The Hall–Kier alpha value is -3.90. The summed E-state index contributed by atoms with van der Waals surface area (Å²) in [6.07, 6.45) is 1.59. The maximum atomic E-state index is 14.3. The monoisotopic (exact) mass is 469 g/mol. The fourth-order valence-electron chi connectivity index (χ4n) is 3.51. The Balaban J connectivity index is 1.40. The molecule has 12 heteroatoms. The number of morpholine rings is 1. The Bertz CT molecular complexity index is 1230. The zero-order chi connectivity index (χ0) is 24.1. The van der Waals surface area contributed by atoms with Gasteiger partial charge in [0.25, 0.3) is 11.5 Å². The van der Waals surface area contributed by atoms with E-state index in [4.69, 9.17) is 4.74 Å². The predicted octanol–water partition coefficient (Wildman–Crippen LogP) is 1.32. The van der Waals surface area contributed by atoms with Gasteiger partial charge in [-0.2, -0.15) is 10.2 Å². The van der Waals surface area contributed by atoms with Crippen LogP contribution in [0.5, 0.6) is 0 Å². The van der Waals surface area contributed by atoms with E-state index in [1.165, 1.54) is 41.2 Å². The molecule has 0 radical (unpaired) electrons. The number of nitrogens with zero attached hydrogens (tertiary/aromatic N) is 4. The maximum Gasteiger partial charge on any atom is 0.264 e. The van der Waals surface area contributed by atoms with Crippen molar-refractivity contribution in [1.29, 1.82) is 0 Å². The van der Waals surface area contributed by atoms with Crippen LogP contribution in [0.2, 0.25) is 0 Å². The average Bonchev–Trinajstić information content (AvgIpc) is 3.22. The van der Waals surface area contributed by atoms with Crippen molar-refractivity contribution in [3.63, 3.8) is 0 Å². The second kappa shape index (κ2) is 10.4. The van der Waals surface area contributed by atoms with E-state index in [2.05, 4.69) is 30.8 Å². The van der Waals surface area contributed by atoms with Gasteiger partial charge in [0.15, 0.2) is 5.82 Å². The number of nitrogens with one attached hydrogen (secondary N) is 3. The van der Waals surface area contributed by atoms with Gasteiger partial charge in [0.05, 0.1) is 36.4 Å². The first-order chi connectivity index (χ1) is 16.4. The molecule has 3 N–H and O–H groups in total. The van der Waals surface area contributed by atoms with E-state index >= 15 is 0 Å². The highest BCUT2D eigenvalue weighted by atomic mass is 19.1. The highest BCUT2D eigenvalue weighted by Gasteiger charge is 2.18. The highest BCUT2D eigenvalue weighted by Crippen LogP contribution is 2.21. The van der Waals surface area contributed by atoms with E-state index in [9.17, 15) is 18.8 Å². The number of benzene rings is 1. The van der Waals surface area contributed by atoms with Crippen LogP contribution in [0.25, 0.3) is 5.82 Å². The Morgan fingerprint density at radius 3 is 2.71 bits per heavy atom. The lowest BCUT2D eigenvalue weighted by Crippen LogP contribution is -2.38. The molecule has 1 fully saturated rings. The van der Waals surface area contributed by atoms with Crippen LogP contribution in [-0.4, -0.2) is 69.5 Å². The molecule has 2 amide bonds. The highest BCUT2D eigenvalue weighted by molar-refractivity contribution is 6.05. The summed E-state index contributed by atoms with van der Waals surface area (Å²) in [4.78, 5) is 38.4. The minimum absolute atomic E-state index is 0.0189. The number of aromatic amines is 1. The number of anilines is 2. The quantitative estimate of drug-likeness (QED) is 0.475. The van der Waals surface area contributed by atoms with Crippen molar-refractivity contribution in [1.82, 2.24) is 24.9 Å². The van der Waals surface area contributed by atoms with E-state index < -0.39 is 11.7 Å². The van der Waals surface area contributed by atoms with Crippen LogP contribution < -0.4 is 16.2 Å². The number of halogens is 1. The molecule has 4 rings (SSSR count). The van der Waals surface area contributed by atoms with Crippen LogP contribution in [0.15, 0.2) is 41.3 Å². The van der Waals surface area contributed by atoms with Crippen molar-refractivity contribution in [3.8, 4) is 5.82 Å². The Morgan fingerprint density at radius 2 is 1.97 bits per heavy atom. The predicted molar refractivity (Wildman–Crippen MR) is 122 cm³/mol. The molecule has 1 aliphatic rings. The molecule has 0 atom stereocenters. The number of hydrogen-bond acceptors (Lipinski definition) is 7. The van der Waals surface area contributed by atoms with E-state index in [-0.39, 0.29) is 29.1 Å². The van der Waals surface area contributed by atoms with Gasteiger partial charge in [0.2, 0.25) is 5.91 Å². The molecule has 0 unspecified atom stereocenters. The molecule has 0 saturated carbocycles. The zero-order valence-electron chi connectivity index (χ0n) is 18.5. The van der Waals surface area contributed by atoms with Crippen molar-refractivity contribution < 1.29 is 18.7 Å². The Morgan fingerprint density at radius 1 is 1.18 bits per heavy atom. The van der Waals surface area contributed by atoms with Gasteiger partial charge in [-0.05, 0) is 31.2 Å². The van der Waals surface area contributed by atoms with Crippen LogP contribution in [0.4, 0.5) is 15.8 Å². The lowest BCUT2D eigenvalue weighted by molar-refractivity contribution is -0.116. The van der Waals surface area contributed by atoms with Gasteiger partial charge in [0.1, 0.15) is 5.82 Å². The molecule has 1 aliphatic heterocycles. The summed E-state index contributed by atoms with van der Waals surface area (Å²) in [6.45, 7) is 5.03. The molecule has 34 heavy (non-hydrogen) atoms. The number of carbonyl (C=O) groups is 2. The average molecular weight is 469 g/mol. The second-order valence-electron chi connectivity index (χ2n) is 7.74. The lowest BCUT2D eigenvalue weighted by atomic mass is 10.2. The van der Waals surface area contributed by atoms with E-state index in [1.54, 1.807) is 6.92 Å². The smallest absolute Gasteiger partial charge is 0.264 e. The first-order valence-electron chi connectivity index (χ1n) is 10.7. The zero-order valence-corrected chi connectivity index (χ0v) is 18.5. The summed E-state index contributed by atoms with van der Waals surface area (Å²) in [5.41, 5.74) is 0.704. The summed E-state index contributed by atoms with van der Waals surface area (Å²) in [5.74, 6) is -1.05. The summed E-state index contributed by atoms with van der Waals surface area (Å²) in [5, 5.41) is 15.6. The largest absolute Gasteiger partial charge is 0.379 e. The molecular formula is C22H24FN7O4. The van der Waals surface area contributed by atoms with Crippen molar-refractivity contribution in [2.24, 2.45) is 0 Å². The number of aromatic nitrogens is 4. The van der Waals surface area contributed by atoms with Crippen molar-refractivity contribution in [2.45, 2.75) is 13.3 Å². The third kappa shape index (κ3) is 5.53. The molecule has 3 aromatic rings. The number of ether oxygens (including phenoxy) is 1. The molecule has 2 aromatic heterocycles. The molecule has 0 bridgehead atoms. The van der Waals surface area contributed by atoms with Crippen molar-refractivity contribution in [2.75, 3.05) is 43.5 Å². The Labute approximate surface area is 193 Å². The molecule has 1 saturated heterocycles. The summed E-state index contributed by atoms with van der Waals surface area (Å²) < 4.78 is 21.0. The van der Waals surface area contributed by atoms with E-state index in [1.807, 2.05) is 0 Å². The fourth-order valence-corrected chi connectivity index (χ4v) is 3.51. The summed E-state index contributed by atoms with van der Waals surface area (Å²) >= 11 is 0. The summed E-state index contributed by atoms with van der Waals surface area (Å²) in [6, 6.07) is 6.73. The molecule has 0 aliphatic carbocycles. The van der Waals surface area contributed by atoms with Crippen LogP contribution in [0, 0.1) is 12.7 Å². The van der Waals surface area contributed by atoms with Gasteiger partial charge in [-0.1, -0.05) is 0 Å². The van der Waals surface area contributed by atoms with Crippen molar-refractivity contribution >= 4 is 23.2 Å². The minimum atomic E-state index is -0.606. The van der Waals surface area contributed by atoms with Crippen LogP contribution in [-0.2, 0) is 9.53 Å². The molecule has 1 aromatic carbocycles. The lowest BCUT2D eigenvalue weighted by Gasteiger charge is -2.26. The van der Waals surface area contributed by atoms with E-state index in [0.29, 0.717) is 37.0 Å². The van der Waals surface area contributed by atoms with Crippen LogP contribution in [0.3, 0.4) is 0 Å². The molecular weight excluding hydrogens is 445 g/mol. The van der Waals surface area contributed by atoms with Gasteiger partial charge in [-0.3, -0.25) is 19.3 Å². The van der Waals surface area contributed by atoms with Gasteiger partial charge >= 0.3 is 0 Å². The maximum absolute atomic E-state index is 14.3. The second-order valence-corrected chi connectivity index (χ2v) is 7.74. The number of amides is 2. The van der Waals surface area contributed by atoms with E-state index in [0.717, 1.165) is 13.1 Å². The first kappa shape index (κ1) is 23.3.